The van der Waals surface area contributed by atoms with Crippen LogP contribution in [0.5, 0.6) is 0 Å². The van der Waals surface area contributed by atoms with E-state index in [1.807, 2.05) is 97.1 Å². The molecule has 0 saturated heterocycles. The molecule has 33 heavy (non-hydrogen) atoms. The number of carbonyl (C=O) groups is 1. The summed E-state index contributed by atoms with van der Waals surface area (Å²) < 4.78 is 6.99. The normalized spacial score (nSPS) is 17.0. The molecule has 162 valence electrons. The molecule has 1 atom stereocenters. The van der Waals surface area contributed by atoms with Crippen LogP contribution in [0.1, 0.15) is 29.2 Å². The van der Waals surface area contributed by atoms with E-state index < -0.39 is 11.8 Å². The van der Waals surface area contributed by atoms with Crippen LogP contribution < -0.4 is 4.90 Å². The van der Waals surface area contributed by atoms with Crippen molar-refractivity contribution in [2.24, 2.45) is 0 Å². The van der Waals surface area contributed by atoms with Gasteiger partial charge in [-0.25, -0.2) is 0 Å². The van der Waals surface area contributed by atoms with Gasteiger partial charge in [-0.15, -0.1) is 0 Å². The number of para-hydroxylation sites is 1. The van der Waals surface area contributed by atoms with Gasteiger partial charge in [-0.1, -0.05) is 115 Å². The van der Waals surface area contributed by atoms with Crippen LogP contribution in [0.15, 0.2) is 121 Å². The quantitative estimate of drug-likeness (QED) is 0.374. The molecule has 0 saturated carbocycles. The van der Waals surface area contributed by atoms with Crippen molar-refractivity contribution in [2.75, 3.05) is 4.90 Å². The maximum absolute atomic E-state index is 12.9. The van der Waals surface area contributed by atoms with E-state index in [1.165, 1.54) is 0 Å². The first kappa shape index (κ1) is 20.9. The number of nitrogens with zero attached hydrogens (tertiary/aromatic N) is 1. The van der Waals surface area contributed by atoms with Gasteiger partial charge in [0.05, 0.1) is 5.69 Å². The second-order valence-electron chi connectivity index (χ2n) is 8.10. The van der Waals surface area contributed by atoms with E-state index >= 15 is 0 Å². The van der Waals surface area contributed by atoms with Gasteiger partial charge in [0.15, 0.2) is 6.23 Å². The molecular weight excluding hydrogens is 406 g/mol. The van der Waals surface area contributed by atoms with E-state index in [-0.39, 0.29) is 5.91 Å². The highest BCUT2D eigenvalue weighted by molar-refractivity contribution is 5.94. The highest BCUT2D eigenvalue weighted by Crippen LogP contribution is 2.49. The smallest absolute Gasteiger partial charge is 0.226 e. The highest BCUT2D eigenvalue weighted by atomic mass is 16.5. The molecule has 3 heteroatoms. The molecule has 1 amide bonds. The fraction of sp³-hybridized carbons (Fsp3) is 0.100. The summed E-state index contributed by atoms with van der Waals surface area (Å²) >= 11 is 0. The van der Waals surface area contributed by atoms with Gasteiger partial charge >= 0.3 is 0 Å². The van der Waals surface area contributed by atoms with Crippen molar-refractivity contribution in [2.45, 2.75) is 18.8 Å². The van der Waals surface area contributed by atoms with Crippen LogP contribution in [-0.2, 0) is 15.1 Å². The molecule has 1 aliphatic rings. The Hall–Kier alpha value is -3.95. The van der Waals surface area contributed by atoms with Gasteiger partial charge in [-0.3, -0.25) is 9.69 Å². The topological polar surface area (TPSA) is 29.5 Å². The average Bonchev–Trinajstić information content (AvgIpc) is 2.88. The zero-order chi connectivity index (χ0) is 22.7. The Balaban J connectivity index is 1.76. The van der Waals surface area contributed by atoms with Crippen LogP contribution in [0.2, 0.25) is 0 Å². The first-order valence-corrected chi connectivity index (χ1v) is 11.1. The summed E-state index contributed by atoms with van der Waals surface area (Å²) in [5, 5.41) is 0. The molecule has 4 aromatic carbocycles. The third-order valence-corrected chi connectivity index (χ3v) is 6.05. The van der Waals surface area contributed by atoms with Crippen LogP contribution in [0.25, 0.3) is 6.08 Å². The number of rotatable bonds is 4. The highest BCUT2D eigenvalue weighted by Gasteiger charge is 2.47. The van der Waals surface area contributed by atoms with E-state index in [2.05, 4.69) is 30.3 Å². The molecule has 3 nitrogen and oxygen atoms in total. The first-order chi connectivity index (χ1) is 16.2. The Morgan fingerprint density at radius 2 is 1.27 bits per heavy atom. The second-order valence-corrected chi connectivity index (χ2v) is 8.10. The van der Waals surface area contributed by atoms with Crippen molar-refractivity contribution in [1.29, 1.82) is 0 Å². The summed E-state index contributed by atoms with van der Waals surface area (Å²) in [6.07, 6.45) is 3.39. The second kappa shape index (κ2) is 8.89. The van der Waals surface area contributed by atoms with Crippen molar-refractivity contribution >= 4 is 17.7 Å². The predicted octanol–water partition coefficient (Wildman–Crippen LogP) is 6.40. The monoisotopic (exact) mass is 431 g/mol. The lowest BCUT2D eigenvalue weighted by Gasteiger charge is -2.47. The fourth-order valence-electron chi connectivity index (χ4n) is 4.61. The van der Waals surface area contributed by atoms with E-state index in [1.54, 1.807) is 11.8 Å². The lowest BCUT2D eigenvalue weighted by molar-refractivity contribution is -0.121. The first-order valence-electron chi connectivity index (χ1n) is 11.1. The van der Waals surface area contributed by atoms with Crippen LogP contribution >= 0.6 is 0 Å². The Morgan fingerprint density at radius 3 is 1.85 bits per heavy atom. The molecule has 0 aliphatic carbocycles. The van der Waals surface area contributed by atoms with Crippen LogP contribution in [0.3, 0.4) is 0 Å². The van der Waals surface area contributed by atoms with Crippen molar-refractivity contribution in [3.05, 3.63) is 144 Å². The third kappa shape index (κ3) is 3.77. The molecule has 4 aromatic rings. The molecule has 0 aromatic heterocycles. The van der Waals surface area contributed by atoms with Crippen molar-refractivity contribution in [3.63, 3.8) is 0 Å². The third-order valence-electron chi connectivity index (χ3n) is 6.05. The van der Waals surface area contributed by atoms with E-state index in [0.717, 1.165) is 27.9 Å². The number of benzene rings is 4. The average molecular weight is 432 g/mol. The lowest BCUT2D eigenvalue weighted by Crippen LogP contribution is -2.51. The maximum Gasteiger partial charge on any atom is 0.226 e. The Labute approximate surface area is 194 Å². The van der Waals surface area contributed by atoms with Gasteiger partial charge in [-0.05, 0) is 28.8 Å². The Kier molecular flexibility index (Phi) is 5.64. The lowest BCUT2D eigenvalue weighted by atomic mass is 9.78. The van der Waals surface area contributed by atoms with Crippen LogP contribution in [0, 0.1) is 0 Å². The number of fused-ring (bicyclic) bond motifs is 1. The standard InChI is InChI=1S/C30H25NO2/c1-23(32)31-28-20-12-11-19-27(28)30(25-15-7-3-8-16-25,26-17-9-4-10-18-26)33-29(31)22-21-24-13-5-2-6-14-24/h2-22,29H,1H3/b22-21+/t29-/m1/s1. The van der Waals surface area contributed by atoms with Gasteiger partial charge in [0.1, 0.15) is 5.60 Å². The SMILES string of the molecule is CC(=O)N1c2ccccc2C(c2ccccc2)(c2ccccc2)O[C@@H]1/C=C/c1ccccc1. The Bertz CT molecular complexity index is 1230. The summed E-state index contributed by atoms with van der Waals surface area (Å²) in [5.74, 6) is -0.0696. The number of hydrogen-bond donors (Lipinski definition) is 0. The zero-order valence-corrected chi connectivity index (χ0v) is 18.5. The number of hydrogen-bond acceptors (Lipinski definition) is 2. The zero-order valence-electron chi connectivity index (χ0n) is 18.5. The van der Waals surface area contributed by atoms with E-state index in [0.29, 0.717) is 0 Å². The molecular formula is C30H25NO2. The van der Waals surface area contributed by atoms with Crippen LogP contribution in [-0.4, -0.2) is 12.1 Å². The predicted molar refractivity (Wildman–Crippen MR) is 133 cm³/mol. The molecule has 0 unspecified atom stereocenters. The van der Waals surface area contributed by atoms with Gasteiger partial charge in [0.25, 0.3) is 0 Å². The summed E-state index contributed by atoms with van der Waals surface area (Å²) in [6.45, 7) is 1.58. The minimum absolute atomic E-state index is 0.0696. The van der Waals surface area contributed by atoms with Gasteiger partial charge in [0.2, 0.25) is 5.91 Å². The molecule has 1 heterocycles. The molecule has 0 radical (unpaired) electrons. The van der Waals surface area contributed by atoms with Crippen molar-refractivity contribution < 1.29 is 9.53 Å². The van der Waals surface area contributed by atoms with Crippen molar-refractivity contribution in [1.82, 2.24) is 0 Å². The molecule has 1 aliphatic heterocycles. The Morgan fingerprint density at radius 1 is 0.758 bits per heavy atom. The molecule has 0 fully saturated rings. The molecule has 0 N–H and O–H groups in total. The summed E-state index contributed by atoms with van der Waals surface area (Å²) in [7, 11) is 0. The minimum Gasteiger partial charge on any atom is -0.334 e. The summed E-state index contributed by atoms with van der Waals surface area (Å²) in [4.78, 5) is 14.6. The van der Waals surface area contributed by atoms with Crippen molar-refractivity contribution in [3.8, 4) is 0 Å². The molecule has 0 bridgehead atoms. The summed E-state index contributed by atoms with van der Waals surface area (Å²) in [6, 6.07) is 38.6. The molecule has 5 rings (SSSR count). The minimum atomic E-state index is -0.864. The maximum atomic E-state index is 12.9. The largest absolute Gasteiger partial charge is 0.334 e. The number of amides is 1. The van der Waals surface area contributed by atoms with Crippen LogP contribution in [0.4, 0.5) is 5.69 Å². The summed E-state index contributed by atoms with van der Waals surface area (Å²) in [5.41, 5.74) is 4.02. The van der Waals surface area contributed by atoms with E-state index in [9.17, 15) is 4.79 Å². The van der Waals surface area contributed by atoms with E-state index in [4.69, 9.17) is 4.74 Å². The number of ether oxygens (including phenoxy) is 1. The molecule has 0 spiro atoms. The van der Waals surface area contributed by atoms with Gasteiger partial charge < -0.3 is 4.74 Å². The number of carbonyl (C=O) groups excluding carboxylic acids is 1. The van der Waals surface area contributed by atoms with Gasteiger partial charge in [-0.2, -0.15) is 0 Å². The fourth-order valence-corrected chi connectivity index (χ4v) is 4.61. The number of anilines is 1. The van der Waals surface area contributed by atoms with Gasteiger partial charge in [0, 0.05) is 12.5 Å².